The van der Waals surface area contributed by atoms with Crippen molar-refractivity contribution >= 4 is 11.9 Å². The third-order valence-electron chi connectivity index (χ3n) is 3.03. The van der Waals surface area contributed by atoms with Gasteiger partial charge in [0.1, 0.15) is 5.82 Å². The zero-order chi connectivity index (χ0) is 14.7. The van der Waals surface area contributed by atoms with Crippen LogP contribution in [0.4, 0.5) is 14.5 Å². The molecule has 0 N–H and O–H groups in total. The zero-order valence-electron chi connectivity index (χ0n) is 11.1. The van der Waals surface area contributed by atoms with Crippen LogP contribution in [0.1, 0.15) is 5.56 Å². The average molecular weight is 282 g/mol. The monoisotopic (exact) mass is 282 g/mol. The van der Waals surface area contributed by atoms with Gasteiger partial charge in [-0.1, -0.05) is 18.2 Å². The van der Waals surface area contributed by atoms with Crippen molar-refractivity contribution in [2.24, 2.45) is 4.99 Å². The summed E-state index contributed by atoms with van der Waals surface area (Å²) in [6, 6.07) is 15.0. The lowest BCUT2D eigenvalue weighted by Crippen LogP contribution is -1.88. The third-order valence-corrected chi connectivity index (χ3v) is 3.03. The van der Waals surface area contributed by atoms with E-state index in [0.29, 0.717) is 0 Å². The minimum Gasteiger partial charge on any atom is -0.323 e. The highest BCUT2D eigenvalue weighted by molar-refractivity contribution is 5.81. The molecule has 0 saturated heterocycles. The molecule has 0 atom stereocenters. The molecule has 0 aliphatic heterocycles. The fourth-order valence-electron chi connectivity index (χ4n) is 1.98. The molecule has 0 aliphatic carbocycles. The van der Waals surface area contributed by atoms with Crippen LogP contribution in [0.15, 0.2) is 72.0 Å². The van der Waals surface area contributed by atoms with Crippen LogP contribution in [0.2, 0.25) is 0 Å². The van der Waals surface area contributed by atoms with Gasteiger partial charge in [-0.05, 0) is 30.3 Å². The Hall–Kier alpha value is -2.75. The Kier molecular flexibility index (Phi) is 3.60. The summed E-state index contributed by atoms with van der Waals surface area (Å²) in [4.78, 5) is 4.04. The number of benzene rings is 2. The van der Waals surface area contributed by atoms with Crippen molar-refractivity contribution in [1.82, 2.24) is 4.57 Å². The number of halogens is 2. The lowest BCUT2D eigenvalue weighted by molar-refractivity contribution is 0.585. The Labute approximate surface area is 121 Å². The number of rotatable bonds is 3. The number of hydrogen-bond acceptors (Lipinski definition) is 1. The van der Waals surface area contributed by atoms with Crippen molar-refractivity contribution in [3.8, 4) is 5.69 Å². The normalized spacial score (nSPS) is 11.1. The first-order chi connectivity index (χ1) is 10.2. The highest BCUT2D eigenvalue weighted by atomic mass is 19.1. The molecule has 104 valence electrons. The van der Waals surface area contributed by atoms with Gasteiger partial charge in [-0.15, -0.1) is 0 Å². The summed E-state index contributed by atoms with van der Waals surface area (Å²) in [5.74, 6) is -1.28. The molecule has 0 spiro atoms. The van der Waals surface area contributed by atoms with E-state index in [9.17, 15) is 8.78 Å². The van der Waals surface area contributed by atoms with Crippen molar-refractivity contribution in [2.75, 3.05) is 0 Å². The van der Waals surface area contributed by atoms with Crippen LogP contribution in [0.3, 0.4) is 0 Å². The minimum absolute atomic E-state index is 0.115. The molecule has 3 rings (SSSR count). The van der Waals surface area contributed by atoms with Gasteiger partial charge in [0, 0.05) is 35.9 Å². The number of aliphatic imine (C=N–C) groups is 1. The second kappa shape index (κ2) is 5.71. The van der Waals surface area contributed by atoms with Crippen LogP contribution >= 0.6 is 0 Å². The molecule has 0 unspecified atom stereocenters. The molecule has 0 aliphatic rings. The summed E-state index contributed by atoms with van der Waals surface area (Å²) in [6.07, 6.45) is 5.34. The van der Waals surface area contributed by atoms with E-state index in [2.05, 4.69) is 4.99 Å². The number of nitrogens with zero attached hydrogens (tertiary/aromatic N) is 2. The quantitative estimate of drug-likeness (QED) is 0.629. The van der Waals surface area contributed by atoms with Gasteiger partial charge in [0.15, 0.2) is 5.82 Å². The smallest absolute Gasteiger partial charge is 0.151 e. The second-order valence-corrected chi connectivity index (χ2v) is 4.54. The highest BCUT2D eigenvalue weighted by Crippen LogP contribution is 2.18. The maximum Gasteiger partial charge on any atom is 0.151 e. The van der Waals surface area contributed by atoms with Crippen molar-refractivity contribution in [2.45, 2.75) is 0 Å². The first-order valence-corrected chi connectivity index (χ1v) is 6.45. The van der Waals surface area contributed by atoms with Gasteiger partial charge in [0.05, 0.1) is 5.69 Å². The van der Waals surface area contributed by atoms with Crippen LogP contribution in [0.25, 0.3) is 5.69 Å². The highest BCUT2D eigenvalue weighted by Gasteiger charge is 2.02. The van der Waals surface area contributed by atoms with Crippen LogP contribution in [-0.4, -0.2) is 10.8 Å². The van der Waals surface area contributed by atoms with Gasteiger partial charge in [-0.25, -0.2) is 8.78 Å². The minimum atomic E-state index is -0.672. The molecule has 3 aromatic rings. The van der Waals surface area contributed by atoms with Crippen molar-refractivity contribution in [1.29, 1.82) is 0 Å². The summed E-state index contributed by atoms with van der Waals surface area (Å²) in [5.41, 5.74) is 1.98. The third kappa shape index (κ3) is 3.05. The van der Waals surface area contributed by atoms with E-state index in [-0.39, 0.29) is 5.69 Å². The predicted octanol–water partition coefficient (Wildman–Crippen LogP) is 4.51. The molecule has 0 saturated carbocycles. The lowest BCUT2D eigenvalue weighted by atomic mass is 10.3. The molecule has 2 nitrogen and oxygen atoms in total. The van der Waals surface area contributed by atoms with Crippen molar-refractivity contribution in [3.05, 3.63) is 84.2 Å². The van der Waals surface area contributed by atoms with Gasteiger partial charge in [0.2, 0.25) is 0 Å². The molecule has 4 heteroatoms. The molecule has 21 heavy (non-hydrogen) atoms. The van der Waals surface area contributed by atoms with E-state index >= 15 is 0 Å². The van der Waals surface area contributed by atoms with Gasteiger partial charge in [-0.3, -0.25) is 4.99 Å². The summed E-state index contributed by atoms with van der Waals surface area (Å²) >= 11 is 0. The number of aromatic nitrogens is 1. The molecule has 0 bridgehead atoms. The summed E-state index contributed by atoms with van der Waals surface area (Å²) in [7, 11) is 0. The molecular weight excluding hydrogens is 270 g/mol. The molecule has 0 amide bonds. The van der Waals surface area contributed by atoms with E-state index in [1.807, 2.05) is 53.4 Å². The first-order valence-electron chi connectivity index (χ1n) is 6.45. The average Bonchev–Trinajstić information content (AvgIpc) is 2.96. The summed E-state index contributed by atoms with van der Waals surface area (Å²) < 4.78 is 28.2. The first kappa shape index (κ1) is 13.2. The summed E-state index contributed by atoms with van der Waals surface area (Å²) in [6.45, 7) is 0. The van der Waals surface area contributed by atoms with E-state index in [4.69, 9.17) is 0 Å². The molecule has 1 aromatic heterocycles. The van der Waals surface area contributed by atoms with Crippen LogP contribution in [0.5, 0.6) is 0 Å². The Morgan fingerprint density at radius 1 is 0.952 bits per heavy atom. The van der Waals surface area contributed by atoms with Crippen molar-refractivity contribution in [3.63, 3.8) is 0 Å². The fraction of sp³-hybridized carbons (Fsp3) is 0. The second-order valence-electron chi connectivity index (χ2n) is 4.54. The Bertz CT molecular complexity index is 776. The van der Waals surface area contributed by atoms with E-state index in [1.54, 1.807) is 6.21 Å². The van der Waals surface area contributed by atoms with Crippen LogP contribution in [-0.2, 0) is 0 Å². The zero-order valence-corrected chi connectivity index (χ0v) is 11.1. The van der Waals surface area contributed by atoms with Gasteiger partial charge >= 0.3 is 0 Å². The maximum atomic E-state index is 13.5. The number of para-hydroxylation sites is 1. The SMILES string of the molecule is Fc1ccc(N=Cc2ccn(-c3ccccc3)c2)c(F)c1. The van der Waals surface area contributed by atoms with Gasteiger partial charge < -0.3 is 4.57 Å². The maximum absolute atomic E-state index is 13.5. The van der Waals surface area contributed by atoms with E-state index < -0.39 is 11.6 Å². The van der Waals surface area contributed by atoms with Gasteiger partial charge in [-0.2, -0.15) is 0 Å². The summed E-state index contributed by atoms with van der Waals surface area (Å²) in [5, 5.41) is 0. The molecular formula is C17H12F2N2. The Balaban J connectivity index is 1.83. The van der Waals surface area contributed by atoms with Gasteiger partial charge in [0.25, 0.3) is 0 Å². The molecule has 2 aromatic carbocycles. The largest absolute Gasteiger partial charge is 0.323 e. The molecule has 0 radical (unpaired) electrons. The topological polar surface area (TPSA) is 17.3 Å². The number of hydrogen-bond donors (Lipinski definition) is 0. The van der Waals surface area contributed by atoms with Crippen LogP contribution < -0.4 is 0 Å². The molecule has 0 fully saturated rings. The Morgan fingerprint density at radius 3 is 2.52 bits per heavy atom. The molecule has 1 heterocycles. The lowest BCUT2D eigenvalue weighted by Gasteiger charge is -2.00. The van der Waals surface area contributed by atoms with Crippen molar-refractivity contribution < 1.29 is 8.78 Å². The standard InChI is InChI=1S/C17H12F2N2/c18-14-6-7-17(16(19)10-14)20-11-13-8-9-21(12-13)15-4-2-1-3-5-15/h1-12H. The van der Waals surface area contributed by atoms with E-state index in [1.165, 1.54) is 12.1 Å². The fourth-order valence-corrected chi connectivity index (χ4v) is 1.98. The van der Waals surface area contributed by atoms with Crippen LogP contribution in [0, 0.1) is 11.6 Å². The van der Waals surface area contributed by atoms with E-state index in [0.717, 1.165) is 17.3 Å². The predicted molar refractivity (Wildman–Crippen MR) is 79.4 cm³/mol. The Morgan fingerprint density at radius 2 is 1.76 bits per heavy atom.